The van der Waals surface area contributed by atoms with Crippen LogP contribution in [0.15, 0.2) is 0 Å². The third kappa shape index (κ3) is 2.79. The van der Waals surface area contributed by atoms with Crippen LogP contribution in [-0.2, 0) is 4.74 Å². The Balaban J connectivity index is 2.10. The maximum absolute atomic E-state index is 12.3. The van der Waals surface area contributed by atoms with Gasteiger partial charge in [-0.3, -0.25) is 0 Å². The van der Waals surface area contributed by atoms with Gasteiger partial charge in [-0.25, -0.2) is 4.79 Å². The smallest absolute Gasteiger partial charge is 0.410 e. The van der Waals surface area contributed by atoms with Crippen LogP contribution in [-0.4, -0.2) is 35.2 Å². The van der Waals surface area contributed by atoms with Gasteiger partial charge in [-0.15, -0.1) is 0 Å². The Kier molecular flexibility index (Phi) is 3.85. The van der Waals surface area contributed by atoms with Gasteiger partial charge in [0.25, 0.3) is 0 Å². The molecule has 3 atom stereocenters. The van der Waals surface area contributed by atoms with Gasteiger partial charge < -0.3 is 15.4 Å². The lowest BCUT2D eigenvalue weighted by Crippen LogP contribution is -2.47. The Hall–Kier alpha value is -0.770. The molecule has 18 heavy (non-hydrogen) atoms. The fourth-order valence-corrected chi connectivity index (χ4v) is 3.37. The molecule has 0 aromatic carbocycles. The van der Waals surface area contributed by atoms with E-state index in [1.165, 1.54) is 19.3 Å². The second kappa shape index (κ2) is 5.08. The average Bonchev–Trinajstić information content (AvgIpc) is 2.64. The summed E-state index contributed by atoms with van der Waals surface area (Å²) in [5.74, 6) is 0.639. The van der Waals surface area contributed by atoms with E-state index in [9.17, 15) is 4.79 Å². The second-order valence-corrected chi connectivity index (χ2v) is 6.62. The van der Waals surface area contributed by atoms with E-state index in [0.29, 0.717) is 18.5 Å². The number of ether oxygens (including phenoxy) is 1. The fourth-order valence-electron chi connectivity index (χ4n) is 3.37. The third-order valence-electron chi connectivity index (χ3n) is 4.07. The molecule has 2 aliphatic rings. The second-order valence-electron chi connectivity index (χ2n) is 6.62. The van der Waals surface area contributed by atoms with Gasteiger partial charge in [-0.1, -0.05) is 12.8 Å². The van der Waals surface area contributed by atoms with Crippen LogP contribution in [0.25, 0.3) is 0 Å². The predicted molar refractivity (Wildman–Crippen MR) is 71.3 cm³/mol. The first-order valence-electron chi connectivity index (χ1n) is 7.14. The number of carbonyl (C=O) groups is 1. The number of hydrogen-bond acceptors (Lipinski definition) is 3. The third-order valence-corrected chi connectivity index (χ3v) is 4.07. The highest BCUT2D eigenvalue weighted by atomic mass is 16.6. The van der Waals surface area contributed by atoms with Crippen LogP contribution >= 0.6 is 0 Å². The van der Waals surface area contributed by atoms with Crippen molar-refractivity contribution >= 4 is 6.09 Å². The minimum atomic E-state index is -0.428. The van der Waals surface area contributed by atoms with Gasteiger partial charge in [-0.2, -0.15) is 0 Å². The van der Waals surface area contributed by atoms with Gasteiger partial charge in [-0.05, 0) is 46.0 Å². The highest BCUT2D eigenvalue weighted by molar-refractivity contribution is 5.69. The number of nitrogens with zero attached hydrogens (tertiary/aromatic N) is 1. The predicted octanol–water partition coefficient (Wildman–Crippen LogP) is 2.51. The maximum Gasteiger partial charge on any atom is 0.410 e. The zero-order valence-corrected chi connectivity index (χ0v) is 11.8. The molecular weight excluding hydrogens is 228 g/mol. The molecule has 3 unspecified atom stereocenters. The summed E-state index contributed by atoms with van der Waals surface area (Å²) >= 11 is 0. The summed E-state index contributed by atoms with van der Waals surface area (Å²) < 4.78 is 5.53. The molecule has 1 saturated heterocycles. The number of carbonyl (C=O) groups excluding carboxylic acids is 1. The van der Waals surface area contributed by atoms with Gasteiger partial charge in [0, 0.05) is 18.6 Å². The molecule has 2 fully saturated rings. The van der Waals surface area contributed by atoms with Crippen molar-refractivity contribution in [1.29, 1.82) is 0 Å². The molecule has 1 aliphatic carbocycles. The van der Waals surface area contributed by atoms with Crippen molar-refractivity contribution in [3.8, 4) is 0 Å². The summed E-state index contributed by atoms with van der Waals surface area (Å²) in [6.07, 6.45) is 5.74. The molecule has 1 saturated carbocycles. The first-order chi connectivity index (χ1) is 8.42. The van der Waals surface area contributed by atoms with Crippen LogP contribution in [0.2, 0.25) is 0 Å². The maximum atomic E-state index is 12.3. The quantitative estimate of drug-likeness (QED) is 0.782. The van der Waals surface area contributed by atoms with Gasteiger partial charge >= 0.3 is 6.09 Å². The van der Waals surface area contributed by atoms with Crippen molar-refractivity contribution in [3.05, 3.63) is 0 Å². The normalized spacial score (nSPS) is 32.2. The molecule has 4 nitrogen and oxygen atoms in total. The van der Waals surface area contributed by atoms with E-state index in [-0.39, 0.29) is 12.1 Å². The largest absolute Gasteiger partial charge is 0.444 e. The van der Waals surface area contributed by atoms with Crippen LogP contribution in [0.1, 0.15) is 52.9 Å². The van der Waals surface area contributed by atoms with Crippen LogP contribution in [0.4, 0.5) is 4.79 Å². The molecule has 1 aliphatic heterocycles. The topological polar surface area (TPSA) is 55.6 Å². The van der Waals surface area contributed by atoms with E-state index in [4.69, 9.17) is 10.5 Å². The Morgan fingerprint density at radius 3 is 2.61 bits per heavy atom. The molecule has 0 bridgehead atoms. The summed E-state index contributed by atoms with van der Waals surface area (Å²) in [5, 5.41) is 0. The first-order valence-corrected chi connectivity index (χ1v) is 7.14. The number of amides is 1. The first kappa shape index (κ1) is 13.7. The van der Waals surface area contributed by atoms with E-state index in [0.717, 1.165) is 12.8 Å². The monoisotopic (exact) mass is 254 g/mol. The van der Waals surface area contributed by atoms with E-state index >= 15 is 0 Å². The van der Waals surface area contributed by atoms with Crippen molar-refractivity contribution in [2.24, 2.45) is 11.7 Å². The number of fused-ring (bicyclic) bond motifs is 1. The molecule has 2 N–H and O–H groups in total. The number of rotatable bonds is 1. The minimum Gasteiger partial charge on any atom is -0.444 e. The molecule has 1 heterocycles. The Morgan fingerprint density at radius 2 is 2.00 bits per heavy atom. The summed E-state index contributed by atoms with van der Waals surface area (Å²) in [7, 11) is 0. The summed E-state index contributed by atoms with van der Waals surface area (Å²) in [5.41, 5.74) is 5.40. The van der Waals surface area contributed by atoms with Crippen LogP contribution in [0, 0.1) is 5.92 Å². The zero-order valence-electron chi connectivity index (χ0n) is 11.8. The Bertz CT molecular complexity index is 311. The number of nitrogens with two attached hydrogens (primary N) is 1. The molecule has 0 spiro atoms. The van der Waals surface area contributed by atoms with Crippen molar-refractivity contribution in [2.75, 3.05) is 6.54 Å². The summed E-state index contributed by atoms with van der Waals surface area (Å²) in [6, 6.07) is 0.537. The highest BCUT2D eigenvalue weighted by Gasteiger charge is 2.45. The van der Waals surface area contributed by atoms with Crippen molar-refractivity contribution in [3.63, 3.8) is 0 Å². The molecule has 0 radical (unpaired) electrons. The molecule has 104 valence electrons. The minimum absolute atomic E-state index is 0.174. The van der Waals surface area contributed by atoms with Gasteiger partial charge in [0.15, 0.2) is 0 Å². The lowest BCUT2D eigenvalue weighted by molar-refractivity contribution is 0.0111. The standard InChI is InChI=1S/C14H26N2O2/c1-14(2,3)18-13(17)16-11(9-15)8-10-6-4-5-7-12(10)16/h10-12H,4-9,15H2,1-3H3. The summed E-state index contributed by atoms with van der Waals surface area (Å²) in [4.78, 5) is 14.3. The number of likely N-dealkylation sites (tertiary alicyclic amines) is 1. The van der Waals surface area contributed by atoms with E-state index in [1.807, 2.05) is 25.7 Å². The highest BCUT2D eigenvalue weighted by Crippen LogP contribution is 2.40. The van der Waals surface area contributed by atoms with Crippen molar-refractivity contribution < 1.29 is 9.53 Å². The molecule has 0 aromatic heterocycles. The van der Waals surface area contributed by atoms with Crippen molar-refractivity contribution in [1.82, 2.24) is 4.90 Å². The molecule has 0 aromatic rings. The fraction of sp³-hybridized carbons (Fsp3) is 0.929. The Morgan fingerprint density at radius 1 is 1.33 bits per heavy atom. The molecular formula is C14H26N2O2. The van der Waals surface area contributed by atoms with Crippen LogP contribution < -0.4 is 5.73 Å². The van der Waals surface area contributed by atoms with Gasteiger partial charge in [0.2, 0.25) is 0 Å². The summed E-state index contributed by atoms with van der Waals surface area (Å²) in [6.45, 7) is 6.29. The zero-order chi connectivity index (χ0) is 13.3. The van der Waals surface area contributed by atoms with Gasteiger partial charge in [0.05, 0.1) is 0 Å². The molecule has 2 rings (SSSR count). The lowest BCUT2D eigenvalue weighted by atomic mass is 9.85. The van der Waals surface area contributed by atoms with E-state index < -0.39 is 5.60 Å². The SMILES string of the molecule is CC(C)(C)OC(=O)N1C(CN)CC2CCCCC21. The number of hydrogen-bond donors (Lipinski definition) is 1. The van der Waals surface area contributed by atoms with E-state index in [1.54, 1.807) is 0 Å². The van der Waals surface area contributed by atoms with Gasteiger partial charge in [0.1, 0.15) is 5.60 Å². The van der Waals surface area contributed by atoms with Crippen LogP contribution in [0.5, 0.6) is 0 Å². The Labute approximate surface area is 110 Å². The van der Waals surface area contributed by atoms with Crippen molar-refractivity contribution in [2.45, 2.75) is 70.6 Å². The van der Waals surface area contributed by atoms with E-state index in [2.05, 4.69) is 0 Å². The molecule has 4 heteroatoms. The average molecular weight is 254 g/mol. The molecule has 1 amide bonds. The lowest BCUT2D eigenvalue weighted by Gasteiger charge is -2.35. The van der Waals surface area contributed by atoms with Crippen LogP contribution in [0.3, 0.4) is 0 Å².